The van der Waals surface area contributed by atoms with Crippen LogP contribution in [0.15, 0.2) is 24.4 Å². The third kappa shape index (κ3) is 3.22. The molecule has 0 fully saturated rings. The zero-order valence-electron chi connectivity index (χ0n) is 11.4. The van der Waals surface area contributed by atoms with Gasteiger partial charge in [0.2, 0.25) is 5.82 Å². The van der Waals surface area contributed by atoms with E-state index in [9.17, 15) is 4.79 Å². The Morgan fingerprint density at radius 1 is 1.52 bits per heavy atom. The number of anilines is 1. The molecule has 0 saturated heterocycles. The van der Waals surface area contributed by atoms with Gasteiger partial charge in [-0.3, -0.25) is 0 Å². The van der Waals surface area contributed by atoms with Crippen LogP contribution in [-0.4, -0.2) is 33.7 Å². The smallest absolute Gasteiger partial charge is 0.337 e. The molecule has 0 aliphatic rings. The Labute approximate surface area is 120 Å². The second-order valence-electron chi connectivity index (χ2n) is 4.07. The topological polar surface area (TPSA) is 117 Å². The number of aryl methyl sites for hydroxylation is 1. The van der Waals surface area contributed by atoms with Crippen molar-refractivity contribution in [1.82, 2.24) is 20.6 Å². The number of ether oxygens (including phenoxy) is 1. The van der Waals surface area contributed by atoms with Crippen molar-refractivity contribution < 1.29 is 9.53 Å². The Kier molecular flexibility index (Phi) is 4.26. The third-order valence-corrected chi connectivity index (χ3v) is 2.74. The van der Waals surface area contributed by atoms with E-state index in [-0.39, 0.29) is 11.4 Å². The first-order valence-electron chi connectivity index (χ1n) is 5.95. The molecule has 0 unspecified atom stereocenters. The fourth-order valence-corrected chi connectivity index (χ4v) is 1.59. The first-order valence-corrected chi connectivity index (χ1v) is 5.95. The van der Waals surface area contributed by atoms with Crippen molar-refractivity contribution in [3.63, 3.8) is 0 Å². The normalized spacial score (nSPS) is 10.8. The number of hydrogen-bond donors (Lipinski definition) is 2. The molecule has 21 heavy (non-hydrogen) atoms. The van der Waals surface area contributed by atoms with Gasteiger partial charge >= 0.3 is 5.97 Å². The molecule has 2 rings (SSSR count). The molecule has 0 bridgehead atoms. The summed E-state index contributed by atoms with van der Waals surface area (Å²) in [5.74, 6) is -0.243. The van der Waals surface area contributed by atoms with E-state index in [4.69, 9.17) is 5.26 Å². The maximum atomic E-state index is 11.5. The van der Waals surface area contributed by atoms with Gasteiger partial charge in [0.15, 0.2) is 0 Å². The number of rotatable bonds is 4. The lowest BCUT2D eigenvalue weighted by molar-refractivity contribution is 0.0601. The summed E-state index contributed by atoms with van der Waals surface area (Å²) in [7, 11) is 1.32. The van der Waals surface area contributed by atoms with Crippen molar-refractivity contribution in [3.8, 4) is 6.07 Å². The number of H-pyrrole nitrogens is 1. The number of nitrogens with zero attached hydrogens (tertiary/aromatic N) is 4. The maximum absolute atomic E-state index is 11.5. The van der Waals surface area contributed by atoms with E-state index >= 15 is 0 Å². The summed E-state index contributed by atoms with van der Waals surface area (Å²) < 4.78 is 4.67. The van der Waals surface area contributed by atoms with E-state index < -0.39 is 5.97 Å². The van der Waals surface area contributed by atoms with Crippen molar-refractivity contribution in [1.29, 1.82) is 5.26 Å². The summed E-state index contributed by atoms with van der Waals surface area (Å²) in [5.41, 5.74) is 2.21. The van der Waals surface area contributed by atoms with Crippen LogP contribution in [0, 0.1) is 18.3 Å². The number of nitriles is 1. The number of allylic oxidation sites excluding steroid dienone is 1. The van der Waals surface area contributed by atoms with Gasteiger partial charge in [-0.2, -0.15) is 10.5 Å². The van der Waals surface area contributed by atoms with Crippen molar-refractivity contribution in [2.45, 2.75) is 6.92 Å². The van der Waals surface area contributed by atoms with Crippen LogP contribution in [0.3, 0.4) is 0 Å². The third-order valence-electron chi connectivity index (χ3n) is 2.74. The number of hydrogen-bond acceptors (Lipinski definition) is 7. The average molecular weight is 284 g/mol. The van der Waals surface area contributed by atoms with E-state index in [1.807, 2.05) is 13.0 Å². The van der Waals surface area contributed by atoms with Crippen LogP contribution in [0.2, 0.25) is 0 Å². The minimum atomic E-state index is -0.430. The lowest BCUT2D eigenvalue weighted by Gasteiger charge is -2.08. The lowest BCUT2D eigenvalue weighted by atomic mass is 10.1. The fraction of sp³-hybridized carbons (Fsp3) is 0.154. The van der Waals surface area contributed by atoms with E-state index in [1.54, 1.807) is 18.2 Å². The zero-order valence-corrected chi connectivity index (χ0v) is 11.4. The van der Waals surface area contributed by atoms with Crippen molar-refractivity contribution >= 4 is 17.2 Å². The van der Waals surface area contributed by atoms with Crippen LogP contribution in [0.25, 0.3) is 5.57 Å². The molecule has 1 heterocycles. The van der Waals surface area contributed by atoms with Crippen LogP contribution in [0.4, 0.5) is 5.69 Å². The molecule has 2 N–H and O–H groups in total. The predicted octanol–water partition coefficient (Wildman–Crippen LogP) is 1.27. The largest absolute Gasteiger partial charge is 0.465 e. The maximum Gasteiger partial charge on any atom is 0.337 e. The number of benzene rings is 1. The molecule has 0 spiro atoms. The van der Waals surface area contributed by atoms with Crippen LogP contribution < -0.4 is 5.32 Å². The molecule has 0 radical (unpaired) electrons. The van der Waals surface area contributed by atoms with Crippen LogP contribution in [0.1, 0.15) is 21.7 Å². The molecular weight excluding hydrogens is 272 g/mol. The van der Waals surface area contributed by atoms with Crippen LogP contribution in [0.5, 0.6) is 0 Å². The molecule has 0 aliphatic carbocycles. The molecule has 8 nitrogen and oxygen atoms in total. The number of aromatic amines is 1. The minimum absolute atomic E-state index is 0.187. The van der Waals surface area contributed by atoms with Crippen molar-refractivity contribution in [2.24, 2.45) is 0 Å². The molecule has 8 heteroatoms. The number of nitrogens with one attached hydrogen (secondary N) is 2. The quantitative estimate of drug-likeness (QED) is 0.641. The molecule has 0 saturated carbocycles. The highest BCUT2D eigenvalue weighted by molar-refractivity contribution is 5.91. The van der Waals surface area contributed by atoms with E-state index in [0.29, 0.717) is 11.3 Å². The van der Waals surface area contributed by atoms with Gasteiger partial charge in [0.25, 0.3) is 0 Å². The second kappa shape index (κ2) is 6.29. The molecule has 2 aromatic rings. The van der Waals surface area contributed by atoms with E-state index in [0.717, 1.165) is 5.56 Å². The Hall–Kier alpha value is -3.21. The summed E-state index contributed by atoms with van der Waals surface area (Å²) in [6, 6.07) is 7.05. The highest BCUT2D eigenvalue weighted by Gasteiger charge is 2.09. The number of carbonyl (C=O) groups is 1. The Bertz CT molecular complexity index is 715. The monoisotopic (exact) mass is 284 g/mol. The summed E-state index contributed by atoms with van der Waals surface area (Å²) in [6.45, 7) is 1.87. The zero-order chi connectivity index (χ0) is 15.2. The molecular formula is C13H12N6O2. The van der Waals surface area contributed by atoms with Gasteiger partial charge < -0.3 is 10.1 Å². The first-order chi connectivity index (χ1) is 10.2. The van der Waals surface area contributed by atoms with Gasteiger partial charge in [0.05, 0.1) is 12.7 Å². The van der Waals surface area contributed by atoms with E-state index in [2.05, 4.69) is 30.7 Å². The Morgan fingerprint density at radius 3 is 2.95 bits per heavy atom. The molecule has 1 aromatic heterocycles. The van der Waals surface area contributed by atoms with Gasteiger partial charge in [-0.05, 0) is 29.8 Å². The number of esters is 1. The highest BCUT2D eigenvalue weighted by Crippen LogP contribution is 2.18. The summed E-state index contributed by atoms with van der Waals surface area (Å²) in [6.07, 6.45) is 1.45. The SMILES string of the molecule is COC(=O)c1ccc(C)c(NC=C(C#N)c2nn[nH]n2)c1. The first kappa shape index (κ1) is 14.2. The van der Waals surface area contributed by atoms with Crippen LogP contribution in [-0.2, 0) is 4.74 Å². The van der Waals surface area contributed by atoms with Crippen molar-refractivity contribution in [2.75, 3.05) is 12.4 Å². The number of carbonyl (C=O) groups excluding carboxylic acids is 1. The minimum Gasteiger partial charge on any atom is -0.465 e. The van der Waals surface area contributed by atoms with Gasteiger partial charge in [-0.15, -0.1) is 10.2 Å². The Balaban J connectivity index is 2.27. The summed E-state index contributed by atoms with van der Waals surface area (Å²) in [4.78, 5) is 11.5. The second-order valence-corrected chi connectivity index (χ2v) is 4.07. The van der Waals surface area contributed by atoms with Gasteiger partial charge in [-0.25, -0.2) is 4.79 Å². The molecule has 106 valence electrons. The Morgan fingerprint density at radius 2 is 2.33 bits per heavy atom. The standard InChI is InChI=1S/C13H12N6O2/c1-8-3-4-9(13(20)21-2)5-11(8)15-7-10(6-14)12-16-18-19-17-12/h3-5,7,15H,1-2H3,(H,16,17,18,19). The van der Waals surface area contributed by atoms with Gasteiger partial charge in [-0.1, -0.05) is 6.07 Å². The molecule has 0 atom stereocenters. The highest BCUT2D eigenvalue weighted by atomic mass is 16.5. The fourth-order valence-electron chi connectivity index (χ4n) is 1.59. The predicted molar refractivity (Wildman–Crippen MR) is 73.9 cm³/mol. The van der Waals surface area contributed by atoms with Gasteiger partial charge in [0.1, 0.15) is 11.6 Å². The van der Waals surface area contributed by atoms with Crippen LogP contribution >= 0.6 is 0 Å². The average Bonchev–Trinajstić information content (AvgIpc) is 3.03. The molecule has 1 aromatic carbocycles. The van der Waals surface area contributed by atoms with E-state index in [1.165, 1.54) is 13.3 Å². The molecule has 0 amide bonds. The van der Waals surface area contributed by atoms with Crippen molar-refractivity contribution in [3.05, 3.63) is 41.4 Å². The lowest BCUT2D eigenvalue weighted by Crippen LogP contribution is -2.03. The number of tetrazole rings is 1. The molecule has 0 aliphatic heterocycles. The number of aromatic nitrogens is 4. The number of methoxy groups -OCH3 is 1. The summed E-state index contributed by atoms with van der Waals surface area (Å²) in [5, 5.41) is 25.2. The summed E-state index contributed by atoms with van der Waals surface area (Å²) >= 11 is 0. The van der Waals surface area contributed by atoms with Gasteiger partial charge in [0, 0.05) is 11.9 Å².